The van der Waals surface area contributed by atoms with E-state index >= 15 is 0 Å². The van der Waals surface area contributed by atoms with Crippen LogP contribution in [0.25, 0.3) is 6.08 Å². The Hall–Kier alpha value is -2.00. The van der Waals surface area contributed by atoms with Crippen LogP contribution < -0.4 is 5.32 Å². The standard InChI is InChI=1S/C21H22N2O3S3/c1-21(14-24,13-15-6-3-2-4-7-15)22-18(25)9-10-23-19(26)17(29-20(23)27)12-16-8-5-11-28-16/h2-8,11-12,24H,9-10,13-14H2,1H3,(H,22,25)/b17-12+/t21-/m1/s1. The topological polar surface area (TPSA) is 69.6 Å². The van der Waals surface area contributed by atoms with Crippen molar-refractivity contribution in [2.75, 3.05) is 13.2 Å². The number of rotatable bonds is 8. The van der Waals surface area contributed by atoms with Crippen LogP contribution in [0.5, 0.6) is 0 Å². The number of hydrogen-bond acceptors (Lipinski definition) is 6. The minimum Gasteiger partial charge on any atom is -0.394 e. The van der Waals surface area contributed by atoms with Gasteiger partial charge in [0.15, 0.2) is 0 Å². The number of benzene rings is 1. The quantitative estimate of drug-likeness (QED) is 0.480. The first-order chi connectivity index (χ1) is 13.9. The molecule has 1 atom stereocenters. The summed E-state index contributed by atoms with van der Waals surface area (Å²) in [5, 5.41) is 14.7. The van der Waals surface area contributed by atoms with Gasteiger partial charge in [-0.25, -0.2) is 0 Å². The van der Waals surface area contributed by atoms with E-state index in [1.165, 1.54) is 16.7 Å². The van der Waals surface area contributed by atoms with Crippen LogP contribution in [0, 0.1) is 0 Å². The number of aliphatic hydroxyl groups excluding tert-OH is 1. The van der Waals surface area contributed by atoms with Gasteiger partial charge in [-0.2, -0.15) is 0 Å². The van der Waals surface area contributed by atoms with Gasteiger partial charge in [-0.15, -0.1) is 11.3 Å². The zero-order chi connectivity index (χ0) is 20.9. The smallest absolute Gasteiger partial charge is 0.266 e. The Morgan fingerprint density at radius 1 is 1.28 bits per heavy atom. The van der Waals surface area contributed by atoms with Crippen LogP contribution >= 0.6 is 35.3 Å². The van der Waals surface area contributed by atoms with Crippen LogP contribution in [0.3, 0.4) is 0 Å². The minimum absolute atomic E-state index is 0.114. The molecule has 1 aliphatic rings. The van der Waals surface area contributed by atoms with Crippen molar-refractivity contribution in [2.24, 2.45) is 0 Å². The Bertz CT molecular complexity index is 913. The lowest BCUT2D eigenvalue weighted by Gasteiger charge is -2.29. The number of aliphatic hydroxyl groups is 1. The molecule has 5 nitrogen and oxygen atoms in total. The molecule has 0 saturated carbocycles. The molecule has 2 aromatic rings. The molecule has 0 aliphatic carbocycles. The van der Waals surface area contributed by atoms with Crippen molar-refractivity contribution in [3.8, 4) is 0 Å². The highest BCUT2D eigenvalue weighted by molar-refractivity contribution is 8.26. The van der Waals surface area contributed by atoms with E-state index in [2.05, 4.69) is 5.32 Å². The molecule has 0 spiro atoms. The van der Waals surface area contributed by atoms with Gasteiger partial charge in [-0.05, 0) is 36.4 Å². The van der Waals surface area contributed by atoms with E-state index in [0.29, 0.717) is 15.6 Å². The summed E-state index contributed by atoms with van der Waals surface area (Å²) in [5.74, 6) is -0.399. The molecule has 29 heavy (non-hydrogen) atoms. The van der Waals surface area contributed by atoms with Gasteiger partial charge in [-0.3, -0.25) is 14.5 Å². The number of hydrogen-bond donors (Lipinski definition) is 2. The number of thiocarbonyl (C=S) groups is 1. The Balaban J connectivity index is 1.57. The highest BCUT2D eigenvalue weighted by Gasteiger charge is 2.33. The third-order valence-electron chi connectivity index (χ3n) is 4.48. The molecule has 152 valence electrons. The van der Waals surface area contributed by atoms with E-state index < -0.39 is 5.54 Å². The molecule has 8 heteroatoms. The van der Waals surface area contributed by atoms with E-state index in [-0.39, 0.29) is 31.4 Å². The molecule has 1 aliphatic heterocycles. The molecule has 1 saturated heterocycles. The predicted molar refractivity (Wildman–Crippen MR) is 123 cm³/mol. The average molecular weight is 447 g/mol. The summed E-state index contributed by atoms with van der Waals surface area (Å²) in [5.41, 5.74) is 0.257. The van der Waals surface area contributed by atoms with Crippen molar-refractivity contribution in [3.63, 3.8) is 0 Å². The second kappa shape index (κ2) is 9.67. The Kier molecular flexibility index (Phi) is 7.23. The number of amides is 2. The first-order valence-electron chi connectivity index (χ1n) is 9.15. The molecule has 3 rings (SSSR count). The average Bonchev–Trinajstić information content (AvgIpc) is 3.30. The normalized spacial score (nSPS) is 17.6. The predicted octanol–water partition coefficient (Wildman–Crippen LogP) is 3.45. The molecule has 2 heterocycles. The lowest BCUT2D eigenvalue weighted by Crippen LogP contribution is -2.51. The summed E-state index contributed by atoms with van der Waals surface area (Å²) in [6, 6.07) is 13.6. The monoisotopic (exact) mass is 446 g/mol. The van der Waals surface area contributed by atoms with Crippen molar-refractivity contribution < 1.29 is 14.7 Å². The maximum absolute atomic E-state index is 12.6. The summed E-state index contributed by atoms with van der Waals surface area (Å²) in [6.45, 7) is 1.84. The van der Waals surface area contributed by atoms with Gasteiger partial charge in [0.05, 0.1) is 17.1 Å². The second-order valence-electron chi connectivity index (χ2n) is 7.03. The van der Waals surface area contributed by atoms with Crippen molar-refractivity contribution in [3.05, 3.63) is 63.2 Å². The van der Waals surface area contributed by atoms with Crippen molar-refractivity contribution >= 4 is 57.5 Å². The van der Waals surface area contributed by atoms with Crippen LogP contribution in [0.4, 0.5) is 0 Å². The number of carbonyl (C=O) groups excluding carboxylic acids is 2. The lowest BCUT2D eigenvalue weighted by atomic mass is 9.93. The number of thioether (sulfide) groups is 1. The Labute approximate surface area is 183 Å². The highest BCUT2D eigenvalue weighted by atomic mass is 32.2. The molecule has 2 amide bonds. The van der Waals surface area contributed by atoms with E-state index in [4.69, 9.17) is 12.2 Å². The summed E-state index contributed by atoms with van der Waals surface area (Å²) >= 11 is 8.13. The van der Waals surface area contributed by atoms with E-state index in [1.54, 1.807) is 18.3 Å². The third-order valence-corrected chi connectivity index (χ3v) is 6.68. The fraction of sp³-hybridized carbons (Fsp3) is 0.286. The summed E-state index contributed by atoms with van der Waals surface area (Å²) < 4.78 is 0.458. The molecule has 0 unspecified atom stereocenters. The van der Waals surface area contributed by atoms with E-state index in [9.17, 15) is 14.7 Å². The van der Waals surface area contributed by atoms with Gasteiger partial charge in [0, 0.05) is 17.8 Å². The summed E-state index contributed by atoms with van der Waals surface area (Å²) in [7, 11) is 0. The number of nitrogens with zero attached hydrogens (tertiary/aromatic N) is 1. The van der Waals surface area contributed by atoms with Gasteiger partial charge in [0.1, 0.15) is 4.32 Å². The van der Waals surface area contributed by atoms with Gasteiger partial charge in [-0.1, -0.05) is 60.4 Å². The van der Waals surface area contributed by atoms with Gasteiger partial charge in [0.2, 0.25) is 5.91 Å². The van der Waals surface area contributed by atoms with Gasteiger partial charge >= 0.3 is 0 Å². The first-order valence-corrected chi connectivity index (χ1v) is 11.3. The molecule has 0 radical (unpaired) electrons. The van der Waals surface area contributed by atoms with Crippen LogP contribution in [-0.2, 0) is 16.0 Å². The SMILES string of the molecule is C[C@](CO)(Cc1ccccc1)NC(=O)CCN1C(=O)/C(=C\c2cccs2)SC1=S. The molecule has 1 aromatic heterocycles. The first kappa shape index (κ1) is 21.7. The third kappa shape index (κ3) is 5.76. The summed E-state index contributed by atoms with van der Waals surface area (Å²) in [6.07, 6.45) is 2.45. The van der Waals surface area contributed by atoms with Crippen molar-refractivity contribution in [1.29, 1.82) is 0 Å². The van der Waals surface area contributed by atoms with Gasteiger partial charge < -0.3 is 10.4 Å². The number of carbonyl (C=O) groups is 2. The van der Waals surface area contributed by atoms with Crippen LogP contribution in [-0.4, -0.2) is 44.8 Å². The molecular formula is C21H22N2O3S3. The fourth-order valence-electron chi connectivity index (χ4n) is 2.99. The van der Waals surface area contributed by atoms with E-state index in [0.717, 1.165) is 10.4 Å². The Morgan fingerprint density at radius 2 is 2.03 bits per heavy atom. The van der Waals surface area contributed by atoms with Crippen LogP contribution in [0.2, 0.25) is 0 Å². The highest BCUT2D eigenvalue weighted by Crippen LogP contribution is 2.33. The fourth-order valence-corrected chi connectivity index (χ4v) is 5.03. The maximum Gasteiger partial charge on any atom is 0.266 e. The van der Waals surface area contributed by atoms with Crippen LogP contribution in [0.15, 0.2) is 52.7 Å². The number of thiophene rings is 1. The number of nitrogens with one attached hydrogen (secondary N) is 1. The largest absolute Gasteiger partial charge is 0.394 e. The van der Waals surface area contributed by atoms with Crippen molar-refractivity contribution in [2.45, 2.75) is 25.3 Å². The molecule has 2 N–H and O–H groups in total. The van der Waals surface area contributed by atoms with Gasteiger partial charge in [0.25, 0.3) is 5.91 Å². The molecular weight excluding hydrogens is 424 g/mol. The molecule has 1 aromatic carbocycles. The Morgan fingerprint density at radius 3 is 2.69 bits per heavy atom. The van der Waals surface area contributed by atoms with Crippen LogP contribution in [0.1, 0.15) is 23.8 Å². The van der Waals surface area contributed by atoms with E-state index in [1.807, 2.05) is 53.9 Å². The maximum atomic E-state index is 12.6. The molecule has 1 fully saturated rings. The lowest BCUT2D eigenvalue weighted by molar-refractivity contribution is -0.125. The summed E-state index contributed by atoms with van der Waals surface area (Å²) in [4.78, 5) is 28.1. The zero-order valence-corrected chi connectivity index (χ0v) is 18.4. The minimum atomic E-state index is -0.771. The second-order valence-corrected chi connectivity index (χ2v) is 9.68. The molecule has 0 bridgehead atoms. The van der Waals surface area contributed by atoms with Crippen molar-refractivity contribution in [1.82, 2.24) is 10.2 Å². The zero-order valence-electron chi connectivity index (χ0n) is 16.0.